The zero-order chi connectivity index (χ0) is 13.5. The minimum Gasteiger partial charge on any atom is -0.497 e. The lowest BCUT2D eigenvalue weighted by molar-refractivity contribution is -0.137. The molecule has 0 aliphatic carbocycles. The van der Waals surface area contributed by atoms with Gasteiger partial charge in [-0.05, 0) is 24.1 Å². The molecule has 3 nitrogen and oxygen atoms in total. The summed E-state index contributed by atoms with van der Waals surface area (Å²) >= 11 is 5.77. The molecule has 0 aliphatic heterocycles. The highest BCUT2D eigenvalue weighted by molar-refractivity contribution is 6.19. The Balaban J connectivity index is 3.04. The number of alkyl halides is 1. The molecule has 0 aromatic heterocycles. The van der Waals surface area contributed by atoms with Gasteiger partial charge >= 0.3 is 5.97 Å². The number of hydrogen-bond acceptors (Lipinski definition) is 2. The van der Waals surface area contributed by atoms with Gasteiger partial charge in [0.05, 0.1) is 7.11 Å². The maximum atomic E-state index is 11.3. The average Bonchev–Trinajstić information content (AvgIpc) is 2.40. The minimum atomic E-state index is -0.878. The summed E-state index contributed by atoms with van der Waals surface area (Å²) in [7, 11) is 1.58. The number of hydrogen-bond donors (Lipinski definition) is 1. The van der Waals surface area contributed by atoms with Crippen LogP contribution in [0, 0.1) is 0 Å². The molecule has 0 fully saturated rings. The second-order valence-corrected chi connectivity index (χ2v) is 4.17. The summed E-state index contributed by atoms with van der Waals surface area (Å²) in [4.78, 5) is 11.3. The van der Waals surface area contributed by atoms with Crippen LogP contribution in [0.1, 0.15) is 24.8 Å². The maximum Gasteiger partial charge on any atom is 0.314 e. The Morgan fingerprint density at radius 3 is 2.44 bits per heavy atom. The Labute approximate surface area is 112 Å². The molecule has 0 saturated heterocycles. The van der Waals surface area contributed by atoms with Gasteiger partial charge in [-0.1, -0.05) is 30.7 Å². The van der Waals surface area contributed by atoms with Gasteiger partial charge in [0.25, 0.3) is 0 Å². The van der Waals surface area contributed by atoms with E-state index in [0.29, 0.717) is 11.6 Å². The van der Waals surface area contributed by atoms with Crippen molar-refractivity contribution in [2.24, 2.45) is 0 Å². The maximum absolute atomic E-state index is 11.3. The summed E-state index contributed by atoms with van der Waals surface area (Å²) in [5.74, 6) is -0.475. The number of aliphatic carboxylic acids is 1. The van der Waals surface area contributed by atoms with Crippen LogP contribution < -0.4 is 4.74 Å². The Hall–Kier alpha value is -1.48. The number of methoxy groups -OCH3 is 1. The van der Waals surface area contributed by atoms with Crippen LogP contribution in [0.3, 0.4) is 0 Å². The SMILES string of the molecule is CCC(=C[C@@H](C(=O)O)c1ccc(OC)cc1)CCl. The van der Waals surface area contributed by atoms with Crippen molar-refractivity contribution in [2.45, 2.75) is 19.3 Å². The van der Waals surface area contributed by atoms with Gasteiger partial charge in [-0.2, -0.15) is 0 Å². The molecule has 0 spiro atoms. The van der Waals surface area contributed by atoms with Crippen molar-refractivity contribution in [1.82, 2.24) is 0 Å². The lowest BCUT2D eigenvalue weighted by Crippen LogP contribution is -2.10. The molecule has 1 N–H and O–H groups in total. The van der Waals surface area contributed by atoms with Crippen molar-refractivity contribution in [1.29, 1.82) is 0 Å². The third-order valence-corrected chi connectivity index (χ3v) is 3.11. The van der Waals surface area contributed by atoms with Crippen molar-refractivity contribution < 1.29 is 14.6 Å². The molecule has 0 unspecified atom stereocenters. The van der Waals surface area contributed by atoms with Crippen LogP contribution in [0.5, 0.6) is 5.75 Å². The minimum absolute atomic E-state index is 0.358. The fourth-order valence-corrected chi connectivity index (χ4v) is 1.89. The zero-order valence-corrected chi connectivity index (χ0v) is 11.3. The van der Waals surface area contributed by atoms with E-state index in [9.17, 15) is 9.90 Å². The van der Waals surface area contributed by atoms with Gasteiger partial charge in [0.2, 0.25) is 0 Å². The molecule has 0 heterocycles. The van der Waals surface area contributed by atoms with Crippen molar-refractivity contribution in [3.63, 3.8) is 0 Å². The molecule has 1 aromatic rings. The Morgan fingerprint density at radius 1 is 1.44 bits per heavy atom. The van der Waals surface area contributed by atoms with Gasteiger partial charge in [0, 0.05) is 5.88 Å². The lowest BCUT2D eigenvalue weighted by Gasteiger charge is -2.11. The summed E-state index contributed by atoms with van der Waals surface area (Å²) in [6.45, 7) is 1.96. The number of ether oxygens (including phenoxy) is 1. The summed E-state index contributed by atoms with van der Waals surface area (Å²) in [5, 5.41) is 9.27. The first kappa shape index (κ1) is 14.6. The van der Waals surface area contributed by atoms with Gasteiger partial charge < -0.3 is 9.84 Å². The molecule has 0 radical (unpaired) electrons. The standard InChI is InChI=1S/C14H17ClO3/c1-3-10(9-15)8-13(14(16)17)11-4-6-12(18-2)7-5-11/h4-8,13H,3,9H2,1-2H3,(H,16,17)/t13-/m1/s1. The van der Waals surface area contributed by atoms with Crippen LogP contribution in [0.4, 0.5) is 0 Å². The van der Waals surface area contributed by atoms with Crippen LogP contribution in [-0.2, 0) is 4.79 Å². The third kappa shape index (κ3) is 3.77. The van der Waals surface area contributed by atoms with Crippen molar-refractivity contribution in [3.05, 3.63) is 41.5 Å². The normalized spacial score (nSPS) is 13.2. The van der Waals surface area contributed by atoms with Crippen LogP contribution in [0.15, 0.2) is 35.9 Å². The summed E-state index contributed by atoms with van der Waals surface area (Å²) in [6, 6.07) is 7.03. The monoisotopic (exact) mass is 268 g/mol. The fraction of sp³-hybridized carbons (Fsp3) is 0.357. The molecule has 1 rings (SSSR count). The van der Waals surface area contributed by atoms with E-state index in [-0.39, 0.29) is 0 Å². The van der Waals surface area contributed by atoms with E-state index in [1.807, 2.05) is 6.92 Å². The van der Waals surface area contributed by atoms with Crippen LogP contribution >= 0.6 is 11.6 Å². The molecule has 1 atom stereocenters. The third-order valence-electron chi connectivity index (χ3n) is 2.77. The number of rotatable bonds is 6. The van der Waals surface area contributed by atoms with E-state index in [4.69, 9.17) is 16.3 Å². The smallest absolute Gasteiger partial charge is 0.314 e. The summed E-state index contributed by atoms with van der Waals surface area (Å²) in [5.41, 5.74) is 1.65. The highest BCUT2D eigenvalue weighted by Gasteiger charge is 2.17. The van der Waals surface area contributed by atoms with Gasteiger partial charge in [0.1, 0.15) is 11.7 Å². The van der Waals surface area contributed by atoms with Gasteiger partial charge in [-0.25, -0.2) is 0 Å². The highest BCUT2D eigenvalue weighted by atomic mass is 35.5. The quantitative estimate of drug-likeness (QED) is 0.635. The van der Waals surface area contributed by atoms with E-state index >= 15 is 0 Å². The van der Waals surface area contributed by atoms with Gasteiger partial charge in [0.15, 0.2) is 0 Å². The molecule has 1 aromatic carbocycles. The summed E-state index contributed by atoms with van der Waals surface area (Å²) in [6.07, 6.45) is 2.47. The van der Waals surface area contributed by atoms with Crippen molar-refractivity contribution in [2.75, 3.05) is 13.0 Å². The molecular formula is C14H17ClO3. The van der Waals surface area contributed by atoms with E-state index < -0.39 is 11.9 Å². The average molecular weight is 269 g/mol. The number of allylic oxidation sites excluding steroid dienone is 1. The molecule has 18 heavy (non-hydrogen) atoms. The van der Waals surface area contributed by atoms with Gasteiger partial charge in [-0.3, -0.25) is 4.79 Å². The molecule has 98 valence electrons. The fourth-order valence-electron chi connectivity index (χ4n) is 1.61. The van der Waals surface area contributed by atoms with E-state index in [2.05, 4.69) is 0 Å². The highest BCUT2D eigenvalue weighted by Crippen LogP contribution is 2.23. The first-order chi connectivity index (χ1) is 8.62. The number of carboxylic acid groups (broad SMARTS) is 1. The van der Waals surface area contributed by atoms with Crippen LogP contribution in [0.25, 0.3) is 0 Å². The van der Waals surface area contributed by atoms with Crippen molar-refractivity contribution >= 4 is 17.6 Å². The predicted molar refractivity (Wildman–Crippen MR) is 72.5 cm³/mol. The topological polar surface area (TPSA) is 46.5 Å². The van der Waals surface area contributed by atoms with E-state index in [1.54, 1.807) is 37.5 Å². The lowest BCUT2D eigenvalue weighted by atomic mass is 9.96. The predicted octanol–water partition coefficient (Wildman–Crippen LogP) is 3.44. The van der Waals surface area contributed by atoms with Crippen molar-refractivity contribution in [3.8, 4) is 5.75 Å². The first-order valence-corrected chi connectivity index (χ1v) is 6.28. The Bertz CT molecular complexity index is 417. The first-order valence-electron chi connectivity index (χ1n) is 5.74. The zero-order valence-electron chi connectivity index (χ0n) is 10.5. The molecule has 4 heteroatoms. The van der Waals surface area contributed by atoms with Crippen LogP contribution in [-0.4, -0.2) is 24.1 Å². The number of halogens is 1. The van der Waals surface area contributed by atoms with E-state index in [0.717, 1.165) is 17.6 Å². The number of carboxylic acids is 1. The second kappa shape index (κ2) is 7.07. The Morgan fingerprint density at radius 2 is 2.06 bits per heavy atom. The number of carbonyl (C=O) groups is 1. The van der Waals surface area contributed by atoms with Gasteiger partial charge in [-0.15, -0.1) is 11.6 Å². The molecule has 0 aliphatic rings. The summed E-state index contributed by atoms with van der Waals surface area (Å²) < 4.78 is 5.05. The molecule has 0 saturated carbocycles. The van der Waals surface area contributed by atoms with Crippen LogP contribution in [0.2, 0.25) is 0 Å². The van der Waals surface area contributed by atoms with E-state index in [1.165, 1.54) is 0 Å². The number of benzene rings is 1. The molecular weight excluding hydrogens is 252 g/mol. The second-order valence-electron chi connectivity index (χ2n) is 3.90. The molecule has 0 bridgehead atoms. The molecule has 0 amide bonds. The Kier molecular flexibility index (Phi) is 5.72. The largest absolute Gasteiger partial charge is 0.497 e.